The fourth-order valence-corrected chi connectivity index (χ4v) is 1.44. The fourth-order valence-electron chi connectivity index (χ4n) is 1.44. The molecule has 1 aromatic rings. The number of ether oxygens (including phenoxy) is 1. The largest absolute Gasteiger partial charge is 0.481 e. The van der Waals surface area contributed by atoms with Crippen molar-refractivity contribution in [1.82, 2.24) is 10.6 Å². The van der Waals surface area contributed by atoms with Gasteiger partial charge in [0.1, 0.15) is 5.75 Å². The predicted molar refractivity (Wildman–Crippen MR) is 71.6 cm³/mol. The average molecular weight is 265 g/mol. The molecule has 0 aliphatic carbocycles. The minimum absolute atomic E-state index is 0.562. The van der Waals surface area contributed by atoms with Gasteiger partial charge in [-0.3, -0.25) is 10.1 Å². The van der Waals surface area contributed by atoms with Crippen molar-refractivity contribution >= 4 is 11.9 Å². The zero-order chi connectivity index (χ0) is 14.3. The molecule has 0 radical (unpaired) electrons. The molecule has 3 amide bonds. The molecule has 1 rings (SSSR count). The lowest BCUT2D eigenvalue weighted by molar-refractivity contribution is -0.126. The van der Waals surface area contributed by atoms with Crippen LogP contribution in [0.4, 0.5) is 4.79 Å². The summed E-state index contributed by atoms with van der Waals surface area (Å²) in [6.45, 7) is 5.28. The van der Waals surface area contributed by atoms with Gasteiger partial charge in [0, 0.05) is 6.54 Å². The molecule has 0 fully saturated rings. The third kappa shape index (κ3) is 5.39. The number of benzene rings is 1. The molecule has 0 aliphatic rings. The summed E-state index contributed by atoms with van der Waals surface area (Å²) in [5.74, 6) is -0.00315. The van der Waals surface area contributed by atoms with Gasteiger partial charge in [-0.25, -0.2) is 4.79 Å². The maximum Gasteiger partial charge on any atom is 0.318 e. The highest BCUT2D eigenvalue weighted by molar-refractivity contribution is 5.95. The van der Waals surface area contributed by atoms with Crippen LogP contribution in [0.2, 0.25) is 0 Å². The number of imide groups is 1. The molecule has 1 unspecified atom stereocenters. The van der Waals surface area contributed by atoms with Gasteiger partial charge < -0.3 is 15.8 Å². The predicted octanol–water partition coefficient (Wildman–Crippen LogP) is 0.758. The van der Waals surface area contributed by atoms with Crippen LogP contribution >= 0.6 is 0 Å². The van der Waals surface area contributed by atoms with Crippen LogP contribution < -0.4 is 21.1 Å². The Labute approximate surface area is 112 Å². The fraction of sp³-hybridized carbons (Fsp3) is 0.385. The van der Waals surface area contributed by atoms with E-state index in [9.17, 15) is 9.59 Å². The van der Waals surface area contributed by atoms with Crippen LogP contribution in [-0.2, 0) is 11.3 Å². The molecular weight excluding hydrogens is 246 g/mol. The summed E-state index contributed by atoms with van der Waals surface area (Å²) in [4.78, 5) is 22.0. The Balaban J connectivity index is 2.52. The summed E-state index contributed by atoms with van der Waals surface area (Å²) in [6, 6.07) is 6.50. The van der Waals surface area contributed by atoms with E-state index in [1.54, 1.807) is 19.1 Å². The molecule has 0 spiro atoms. The highest BCUT2D eigenvalue weighted by Gasteiger charge is 2.15. The Morgan fingerprint density at radius 1 is 1.32 bits per heavy atom. The number of primary amides is 1. The topological polar surface area (TPSA) is 93.4 Å². The Hall–Kier alpha value is -2.08. The van der Waals surface area contributed by atoms with Crippen molar-refractivity contribution in [3.05, 3.63) is 29.8 Å². The minimum Gasteiger partial charge on any atom is -0.481 e. The second kappa shape index (κ2) is 7.38. The summed E-state index contributed by atoms with van der Waals surface area (Å²) in [5.41, 5.74) is 5.99. The lowest BCUT2D eigenvalue weighted by atomic mass is 10.2. The Morgan fingerprint density at radius 3 is 2.47 bits per heavy atom. The van der Waals surface area contributed by atoms with Crippen LogP contribution in [0.25, 0.3) is 0 Å². The number of nitrogens with two attached hydrogens (primary N) is 1. The zero-order valence-corrected chi connectivity index (χ0v) is 11.1. The third-order valence-corrected chi connectivity index (χ3v) is 2.43. The highest BCUT2D eigenvalue weighted by atomic mass is 16.5. The summed E-state index contributed by atoms with van der Waals surface area (Å²) in [5, 5.41) is 5.18. The molecule has 4 N–H and O–H groups in total. The Morgan fingerprint density at radius 2 is 1.95 bits per heavy atom. The van der Waals surface area contributed by atoms with Gasteiger partial charge in [0.05, 0.1) is 0 Å². The van der Waals surface area contributed by atoms with Crippen molar-refractivity contribution in [2.45, 2.75) is 26.5 Å². The SMILES string of the molecule is CCNCc1ccc(OC(C)C(=O)NC(N)=O)cc1. The van der Waals surface area contributed by atoms with Crippen LogP contribution in [0, 0.1) is 0 Å². The van der Waals surface area contributed by atoms with Crippen LogP contribution in [-0.4, -0.2) is 24.6 Å². The molecule has 0 aliphatic heterocycles. The first kappa shape index (κ1) is 15.0. The molecule has 0 heterocycles. The van der Waals surface area contributed by atoms with Crippen molar-refractivity contribution in [1.29, 1.82) is 0 Å². The molecule has 0 aromatic heterocycles. The van der Waals surface area contributed by atoms with E-state index in [2.05, 4.69) is 5.32 Å². The first-order valence-corrected chi connectivity index (χ1v) is 6.09. The number of nitrogens with one attached hydrogen (secondary N) is 2. The van der Waals surface area contributed by atoms with E-state index in [-0.39, 0.29) is 0 Å². The van der Waals surface area contributed by atoms with E-state index in [1.807, 2.05) is 24.4 Å². The van der Waals surface area contributed by atoms with Gasteiger partial charge in [0.2, 0.25) is 0 Å². The van der Waals surface area contributed by atoms with Crippen molar-refractivity contribution < 1.29 is 14.3 Å². The first-order chi connectivity index (χ1) is 9.02. The van der Waals surface area contributed by atoms with E-state index >= 15 is 0 Å². The van der Waals surface area contributed by atoms with Crippen LogP contribution in [0.15, 0.2) is 24.3 Å². The van der Waals surface area contributed by atoms with E-state index < -0.39 is 18.0 Å². The number of amides is 3. The summed E-state index contributed by atoms with van der Waals surface area (Å²) >= 11 is 0. The quantitative estimate of drug-likeness (QED) is 0.708. The molecule has 1 aromatic carbocycles. The lowest BCUT2D eigenvalue weighted by Gasteiger charge is -2.13. The van der Waals surface area contributed by atoms with Crippen molar-refractivity contribution in [3.8, 4) is 5.75 Å². The smallest absolute Gasteiger partial charge is 0.318 e. The first-order valence-electron chi connectivity index (χ1n) is 6.09. The number of carbonyl (C=O) groups excluding carboxylic acids is 2. The van der Waals surface area contributed by atoms with E-state index in [1.165, 1.54) is 0 Å². The lowest BCUT2D eigenvalue weighted by Crippen LogP contribution is -2.42. The van der Waals surface area contributed by atoms with Gasteiger partial charge in [0.15, 0.2) is 6.10 Å². The van der Waals surface area contributed by atoms with Gasteiger partial charge in [-0.2, -0.15) is 0 Å². The Kier molecular flexibility index (Phi) is 5.81. The molecule has 0 bridgehead atoms. The minimum atomic E-state index is -0.888. The molecule has 6 heteroatoms. The molecule has 0 saturated heterocycles. The molecule has 19 heavy (non-hydrogen) atoms. The van der Waals surface area contributed by atoms with E-state index in [0.29, 0.717) is 5.75 Å². The summed E-state index contributed by atoms with van der Waals surface area (Å²) in [7, 11) is 0. The van der Waals surface area contributed by atoms with Gasteiger partial charge in [0.25, 0.3) is 5.91 Å². The average Bonchev–Trinajstić information content (AvgIpc) is 2.37. The number of carbonyl (C=O) groups is 2. The second-order valence-corrected chi connectivity index (χ2v) is 4.04. The molecule has 104 valence electrons. The monoisotopic (exact) mass is 265 g/mol. The highest BCUT2D eigenvalue weighted by Crippen LogP contribution is 2.13. The van der Waals surface area contributed by atoms with Crippen molar-refractivity contribution in [2.75, 3.05) is 6.54 Å². The van der Waals surface area contributed by atoms with Crippen LogP contribution in [0.1, 0.15) is 19.4 Å². The number of hydrogen-bond donors (Lipinski definition) is 3. The van der Waals surface area contributed by atoms with Gasteiger partial charge in [-0.15, -0.1) is 0 Å². The number of urea groups is 1. The standard InChI is InChI=1S/C13H19N3O3/c1-3-15-8-10-4-6-11(7-5-10)19-9(2)12(17)16-13(14)18/h4-7,9,15H,3,8H2,1-2H3,(H3,14,16,17,18). The Bertz CT molecular complexity index is 431. The zero-order valence-electron chi connectivity index (χ0n) is 11.1. The summed E-state index contributed by atoms with van der Waals surface area (Å²) < 4.78 is 5.40. The van der Waals surface area contributed by atoms with Gasteiger partial charge >= 0.3 is 6.03 Å². The van der Waals surface area contributed by atoms with E-state index in [4.69, 9.17) is 10.5 Å². The molecule has 1 atom stereocenters. The van der Waals surface area contributed by atoms with Crippen LogP contribution in [0.3, 0.4) is 0 Å². The number of hydrogen-bond acceptors (Lipinski definition) is 4. The third-order valence-electron chi connectivity index (χ3n) is 2.43. The summed E-state index contributed by atoms with van der Waals surface area (Å²) in [6.07, 6.45) is -0.785. The molecule has 0 saturated carbocycles. The van der Waals surface area contributed by atoms with Crippen LogP contribution in [0.5, 0.6) is 5.75 Å². The molecule has 6 nitrogen and oxygen atoms in total. The number of rotatable bonds is 6. The molecular formula is C13H19N3O3. The van der Waals surface area contributed by atoms with Gasteiger partial charge in [-0.1, -0.05) is 19.1 Å². The maximum absolute atomic E-state index is 11.4. The van der Waals surface area contributed by atoms with E-state index in [0.717, 1.165) is 18.7 Å². The van der Waals surface area contributed by atoms with Crippen molar-refractivity contribution in [2.24, 2.45) is 5.73 Å². The van der Waals surface area contributed by atoms with Gasteiger partial charge in [-0.05, 0) is 31.2 Å². The second-order valence-electron chi connectivity index (χ2n) is 4.04. The maximum atomic E-state index is 11.4. The normalized spacial score (nSPS) is 11.7. The van der Waals surface area contributed by atoms with Crippen molar-refractivity contribution in [3.63, 3.8) is 0 Å².